The van der Waals surface area contributed by atoms with Crippen molar-refractivity contribution in [3.05, 3.63) is 53.9 Å². The van der Waals surface area contributed by atoms with E-state index in [2.05, 4.69) is 30.9 Å². The Morgan fingerprint density at radius 2 is 1.77 bits per heavy atom. The van der Waals surface area contributed by atoms with Crippen LogP contribution >= 0.6 is 0 Å². The zero-order chi connectivity index (χ0) is 18.1. The molecule has 0 aliphatic carbocycles. The fourth-order valence-electron chi connectivity index (χ4n) is 3.91. The van der Waals surface area contributed by atoms with Crippen molar-refractivity contribution in [3.63, 3.8) is 0 Å². The van der Waals surface area contributed by atoms with Gasteiger partial charge in [0.2, 0.25) is 0 Å². The van der Waals surface area contributed by atoms with Crippen LogP contribution in [0.25, 0.3) is 22.2 Å². The van der Waals surface area contributed by atoms with E-state index >= 15 is 0 Å². The second-order valence-corrected chi connectivity index (χ2v) is 7.24. The van der Waals surface area contributed by atoms with Crippen molar-refractivity contribution in [3.8, 4) is 17.2 Å². The van der Waals surface area contributed by atoms with E-state index in [-0.39, 0.29) is 0 Å². The van der Waals surface area contributed by atoms with Gasteiger partial charge in [0, 0.05) is 25.0 Å². The first kappa shape index (κ1) is 16.8. The van der Waals surface area contributed by atoms with Gasteiger partial charge in [-0.1, -0.05) is 18.2 Å². The third-order valence-corrected chi connectivity index (χ3v) is 5.50. The standard InChI is InChI=1S/C22H23N3O/c1-15-3-4-16(2)25(15)12-11-22-24-20-13-19(9-10-21(20)26-22)18-7-5-17(14-23)6-8-18/h5-10,13,15-16H,3-4,11-12H2,1-2H3/t15-,16+. The van der Waals surface area contributed by atoms with Gasteiger partial charge in [0.25, 0.3) is 0 Å². The lowest BCUT2D eigenvalue weighted by molar-refractivity contribution is 0.212. The maximum atomic E-state index is 8.93. The number of rotatable bonds is 4. The molecular weight excluding hydrogens is 322 g/mol. The molecule has 132 valence electrons. The van der Waals surface area contributed by atoms with Crippen molar-refractivity contribution in [1.82, 2.24) is 9.88 Å². The Morgan fingerprint density at radius 3 is 2.46 bits per heavy atom. The molecule has 0 bridgehead atoms. The van der Waals surface area contributed by atoms with Crippen molar-refractivity contribution in [2.24, 2.45) is 0 Å². The molecule has 2 atom stereocenters. The van der Waals surface area contributed by atoms with Gasteiger partial charge in [-0.3, -0.25) is 4.90 Å². The normalized spacial score (nSPS) is 20.5. The molecule has 4 nitrogen and oxygen atoms in total. The lowest BCUT2D eigenvalue weighted by Gasteiger charge is -2.25. The average molecular weight is 345 g/mol. The maximum absolute atomic E-state index is 8.93. The quantitative estimate of drug-likeness (QED) is 0.683. The molecule has 1 aromatic heterocycles. The van der Waals surface area contributed by atoms with Gasteiger partial charge in [-0.05, 0) is 62.1 Å². The first-order valence-corrected chi connectivity index (χ1v) is 9.30. The average Bonchev–Trinajstić information content (AvgIpc) is 3.22. The molecule has 1 fully saturated rings. The zero-order valence-electron chi connectivity index (χ0n) is 15.3. The summed E-state index contributed by atoms with van der Waals surface area (Å²) in [5, 5.41) is 8.93. The lowest BCUT2D eigenvalue weighted by Crippen LogP contribution is -2.34. The van der Waals surface area contributed by atoms with Crippen LogP contribution in [0.1, 0.15) is 38.1 Å². The molecule has 3 aromatic rings. The molecule has 4 rings (SSSR count). The number of aromatic nitrogens is 1. The van der Waals surface area contributed by atoms with Gasteiger partial charge in [0.1, 0.15) is 5.52 Å². The highest BCUT2D eigenvalue weighted by molar-refractivity contribution is 5.80. The Bertz CT molecular complexity index is 942. The highest BCUT2D eigenvalue weighted by atomic mass is 16.3. The molecule has 2 aromatic carbocycles. The van der Waals surface area contributed by atoms with E-state index in [0.717, 1.165) is 41.1 Å². The number of nitrogens with zero attached hydrogens (tertiary/aromatic N) is 3. The van der Waals surface area contributed by atoms with Gasteiger partial charge in [0.15, 0.2) is 11.5 Å². The van der Waals surface area contributed by atoms with E-state index in [0.29, 0.717) is 17.6 Å². The molecule has 1 saturated heterocycles. The Hall–Kier alpha value is -2.64. The summed E-state index contributed by atoms with van der Waals surface area (Å²) in [5.41, 5.74) is 4.56. The van der Waals surface area contributed by atoms with Crippen LogP contribution in [0.5, 0.6) is 0 Å². The minimum Gasteiger partial charge on any atom is -0.441 e. The van der Waals surface area contributed by atoms with Crippen molar-refractivity contribution < 1.29 is 4.42 Å². The minimum absolute atomic E-state index is 0.650. The number of hydrogen-bond donors (Lipinski definition) is 0. The van der Waals surface area contributed by atoms with Gasteiger partial charge in [0.05, 0.1) is 11.6 Å². The van der Waals surface area contributed by atoms with E-state index in [4.69, 9.17) is 14.7 Å². The van der Waals surface area contributed by atoms with Gasteiger partial charge in [-0.25, -0.2) is 4.98 Å². The van der Waals surface area contributed by atoms with Crippen LogP contribution < -0.4 is 0 Å². The summed E-state index contributed by atoms with van der Waals surface area (Å²) >= 11 is 0. The summed E-state index contributed by atoms with van der Waals surface area (Å²) in [6.07, 6.45) is 3.40. The van der Waals surface area contributed by atoms with E-state index in [1.807, 2.05) is 36.4 Å². The van der Waals surface area contributed by atoms with E-state index < -0.39 is 0 Å². The van der Waals surface area contributed by atoms with E-state index in [9.17, 15) is 0 Å². The zero-order valence-corrected chi connectivity index (χ0v) is 15.3. The number of nitriles is 1. The smallest absolute Gasteiger partial charge is 0.196 e. The SMILES string of the molecule is C[C@@H]1CC[C@H](C)N1CCc1nc2cc(-c3ccc(C#N)cc3)ccc2o1. The van der Waals surface area contributed by atoms with E-state index in [1.165, 1.54) is 12.8 Å². The molecule has 0 saturated carbocycles. The van der Waals surface area contributed by atoms with Crippen molar-refractivity contribution in [1.29, 1.82) is 5.26 Å². The Morgan fingerprint density at radius 1 is 1.08 bits per heavy atom. The fraction of sp³-hybridized carbons (Fsp3) is 0.364. The van der Waals surface area contributed by atoms with Crippen molar-refractivity contribution in [2.45, 2.75) is 45.2 Å². The minimum atomic E-state index is 0.650. The van der Waals surface area contributed by atoms with Crippen LogP contribution in [0.15, 0.2) is 46.9 Å². The second kappa shape index (κ2) is 6.93. The molecule has 1 aliphatic rings. The molecule has 1 aliphatic heterocycles. The van der Waals surface area contributed by atoms with Crippen LogP contribution in [0, 0.1) is 11.3 Å². The number of hydrogen-bond acceptors (Lipinski definition) is 4. The number of likely N-dealkylation sites (tertiary alicyclic amines) is 1. The molecule has 0 radical (unpaired) electrons. The van der Waals surface area contributed by atoms with Crippen LogP contribution in [0.4, 0.5) is 0 Å². The summed E-state index contributed by atoms with van der Waals surface area (Å²) in [7, 11) is 0. The van der Waals surface area contributed by atoms with Crippen LogP contribution in [0.3, 0.4) is 0 Å². The third-order valence-electron chi connectivity index (χ3n) is 5.50. The van der Waals surface area contributed by atoms with Gasteiger partial charge < -0.3 is 4.42 Å². The number of benzene rings is 2. The molecule has 0 amide bonds. The summed E-state index contributed by atoms with van der Waals surface area (Å²) in [6.45, 7) is 5.61. The Balaban J connectivity index is 1.53. The van der Waals surface area contributed by atoms with Gasteiger partial charge >= 0.3 is 0 Å². The highest BCUT2D eigenvalue weighted by Gasteiger charge is 2.27. The van der Waals surface area contributed by atoms with Crippen LogP contribution in [-0.4, -0.2) is 28.5 Å². The second-order valence-electron chi connectivity index (χ2n) is 7.24. The van der Waals surface area contributed by atoms with E-state index in [1.54, 1.807) is 0 Å². The highest BCUT2D eigenvalue weighted by Crippen LogP contribution is 2.27. The Labute approximate surface area is 154 Å². The summed E-state index contributed by atoms with van der Waals surface area (Å²) in [5.74, 6) is 0.809. The molecule has 2 heterocycles. The molecule has 26 heavy (non-hydrogen) atoms. The maximum Gasteiger partial charge on any atom is 0.196 e. The first-order valence-electron chi connectivity index (χ1n) is 9.30. The summed E-state index contributed by atoms with van der Waals surface area (Å²) < 4.78 is 5.94. The molecule has 0 unspecified atom stereocenters. The number of fused-ring (bicyclic) bond motifs is 1. The summed E-state index contributed by atoms with van der Waals surface area (Å²) in [6, 6.07) is 17.2. The summed E-state index contributed by atoms with van der Waals surface area (Å²) in [4.78, 5) is 7.25. The third kappa shape index (κ3) is 3.23. The predicted molar refractivity (Wildman–Crippen MR) is 103 cm³/mol. The Kier molecular flexibility index (Phi) is 4.48. The molecule has 0 N–H and O–H groups in total. The van der Waals surface area contributed by atoms with Gasteiger partial charge in [-0.15, -0.1) is 0 Å². The topological polar surface area (TPSA) is 53.1 Å². The first-order chi connectivity index (χ1) is 12.6. The van der Waals surface area contributed by atoms with Crippen molar-refractivity contribution in [2.75, 3.05) is 6.54 Å². The molecular formula is C22H23N3O. The monoisotopic (exact) mass is 345 g/mol. The fourth-order valence-corrected chi connectivity index (χ4v) is 3.91. The lowest BCUT2D eigenvalue weighted by atomic mass is 10.0. The molecule has 4 heteroatoms. The van der Waals surface area contributed by atoms with Crippen molar-refractivity contribution >= 4 is 11.1 Å². The number of oxazole rings is 1. The van der Waals surface area contributed by atoms with Crippen LogP contribution in [-0.2, 0) is 6.42 Å². The largest absolute Gasteiger partial charge is 0.441 e. The van der Waals surface area contributed by atoms with Crippen LogP contribution in [0.2, 0.25) is 0 Å². The predicted octanol–water partition coefficient (Wildman–Crippen LogP) is 4.78. The molecule has 0 spiro atoms. The van der Waals surface area contributed by atoms with Gasteiger partial charge in [-0.2, -0.15) is 5.26 Å².